The molecule has 0 aliphatic heterocycles. The Bertz CT molecular complexity index is 649. The van der Waals surface area contributed by atoms with Gasteiger partial charge in [0.2, 0.25) is 0 Å². The summed E-state index contributed by atoms with van der Waals surface area (Å²) in [4.78, 5) is 22.6. The van der Waals surface area contributed by atoms with Crippen molar-refractivity contribution in [1.82, 2.24) is 9.78 Å². The lowest BCUT2D eigenvalue weighted by atomic mass is 10.2. The molecule has 0 fully saturated rings. The Balaban J connectivity index is 2.16. The fourth-order valence-electron chi connectivity index (χ4n) is 1.56. The van der Waals surface area contributed by atoms with Gasteiger partial charge in [0.05, 0.1) is 27.5 Å². The number of carbonyl (C=O) groups excluding carboxylic acids is 1. The number of benzene rings is 1. The van der Waals surface area contributed by atoms with E-state index in [4.69, 9.17) is 28.3 Å². The Morgan fingerprint density at radius 2 is 1.95 bits per heavy atom. The topological polar surface area (TPSA) is 84.2 Å². The number of aromatic nitrogens is 2. The van der Waals surface area contributed by atoms with E-state index in [0.29, 0.717) is 5.69 Å². The summed E-state index contributed by atoms with van der Waals surface area (Å²) in [6.07, 6.45) is 2.74. The lowest BCUT2D eigenvalue weighted by Crippen LogP contribution is -2.13. The molecule has 2 N–H and O–H groups in total. The highest BCUT2D eigenvalue weighted by Gasteiger charge is 2.15. The van der Waals surface area contributed by atoms with Gasteiger partial charge in [0, 0.05) is 6.20 Å². The third kappa shape index (κ3) is 3.28. The van der Waals surface area contributed by atoms with E-state index < -0.39 is 11.9 Å². The van der Waals surface area contributed by atoms with E-state index in [2.05, 4.69) is 10.4 Å². The third-order valence-electron chi connectivity index (χ3n) is 2.38. The maximum Gasteiger partial charge on any atom is 0.325 e. The molecule has 104 valence electrons. The highest BCUT2D eigenvalue weighted by molar-refractivity contribution is 6.40. The number of carboxylic acids is 1. The Morgan fingerprint density at radius 3 is 2.55 bits per heavy atom. The highest BCUT2D eigenvalue weighted by atomic mass is 35.5. The number of aliphatic carboxylic acids is 1. The van der Waals surface area contributed by atoms with Crippen LogP contribution in [0.2, 0.25) is 10.0 Å². The average Bonchev–Trinajstić information content (AvgIpc) is 2.75. The van der Waals surface area contributed by atoms with Crippen molar-refractivity contribution in [2.24, 2.45) is 0 Å². The van der Waals surface area contributed by atoms with Crippen molar-refractivity contribution in [3.63, 3.8) is 0 Å². The number of halogens is 2. The van der Waals surface area contributed by atoms with Crippen LogP contribution in [0.4, 0.5) is 5.69 Å². The first-order chi connectivity index (χ1) is 9.47. The van der Waals surface area contributed by atoms with Crippen molar-refractivity contribution in [3.05, 3.63) is 46.2 Å². The van der Waals surface area contributed by atoms with Gasteiger partial charge in [-0.15, -0.1) is 0 Å². The largest absolute Gasteiger partial charge is 0.480 e. The van der Waals surface area contributed by atoms with Crippen molar-refractivity contribution < 1.29 is 14.7 Å². The molecule has 6 nitrogen and oxygen atoms in total. The fraction of sp³-hybridized carbons (Fsp3) is 0.0833. The number of hydrogen-bond acceptors (Lipinski definition) is 3. The Hall–Kier alpha value is -2.05. The minimum Gasteiger partial charge on any atom is -0.480 e. The van der Waals surface area contributed by atoms with Gasteiger partial charge in [-0.2, -0.15) is 5.10 Å². The van der Waals surface area contributed by atoms with Gasteiger partial charge in [-0.1, -0.05) is 29.3 Å². The van der Waals surface area contributed by atoms with E-state index in [1.54, 1.807) is 18.2 Å². The highest BCUT2D eigenvalue weighted by Crippen LogP contribution is 2.25. The molecule has 0 bridgehead atoms. The maximum absolute atomic E-state index is 12.1. The third-order valence-corrected chi connectivity index (χ3v) is 3.01. The maximum atomic E-state index is 12.1. The molecular formula is C12H9Cl2N3O3. The van der Waals surface area contributed by atoms with Crippen molar-refractivity contribution in [2.45, 2.75) is 6.54 Å². The van der Waals surface area contributed by atoms with Gasteiger partial charge in [-0.25, -0.2) is 0 Å². The molecule has 20 heavy (non-hydrogen) atoms. The molecule has 0 saturated heterocycles. The van der Waals surface area contributed by atoms with E-state index >= 15 is 0 Å². The second kappa shape index (κ2) is 5.94. The fourth-order valence-corrected chi connectivity index (χ4v) is 2.13. The average molecular weight is 314 g/mol. The first-order valence-corrected chi connectivity index (χ1v) is 6.22. The van der Waals surface area contributed by atoms with Crippen LogP contribution in [0, 0.1) is 0 Å². The van der Waals surface area contributed by atoms with Crippen molar-refractivity contribution in [3.8, 4) is 0 Å². The Morgan fingerprint density at radius 1 is 1.30 bits per heavy atom. The van der Waals surface area contributed by atoms with Crippen LogP contribution >= 0.6 is 23.2 Å². The zero-order valence-electron chi connectivity index (χ0n) is 10.0. The molecule has 0 aliphatic carbocycles. The summed E-state index contributed by atoms with van der Waals surface area (Å²) < 4.78 is 1.19. The van der Waals surface area contributed by atoms with Gasteiger partial charge in [-0.3, -0.25) is 14.3 Å². The van der Waals surface area contributed by atoms with E-state index in [0.717, 1.165) is 0 Å². The molecule has 0 spiro atoms. The van der Waals surface area contributed by atoms with Crippen LogP contribution in [0.5, 0.6) is 0 Å². The summed E-state index contributed by atoms with van der Waals surface area (Å²) >= 11 is 11.8. The molecule has 1 aromatic carbocycles. The van der Waals surface area contributed by atoms with Gasteiger partial charge in [0.1, 0.15) is 6.54 Å². The Kier molecular flexibility index (Phi) is 4.26. The first-order valence-electron chi connectivity index (χ1n) is 5.47. The number of rotatable bonds is 4. The minimum absolute atomic E-state index is 0.154. The number of carboxylic acid groups (broad SMARTS) is 1. The van der Waals surface area contributed by atoms with Crippen LogP contribution in [-0.2, 0) is 11.3 Å². The molecule has 1 aromatic heterocycles. The molecule has 0 atom stereocenters. The SMILES string of the molecule is O=C(O)Cn1cc(NC(=O)c2c(Cl)cccc2Cl)cn1. The molecule has 0 unspecified atom stereocenters. The van der Waals surface area contributed by atoms with Crippen LogP contribution in [-0.4, -0.2) is 26.8 Å². The number of amides is 1. The minimum atomic E-state index is -1.03. The van der Waals surface area contributed by atoms with Gasteiger partial charge in [0.15, 0.2) is 0 Å². The normalized spacial score (nSPS) is 10.3. The summed E-state index contributed by atoms with van der Waals surface area (Å²) in [6.45, 7) is -0.289. The molecule has 1 heterocycles. The lowest BCUT2D eigenvalue weighted by Gasteiger charge is -2.06. The van der Waals surface area contributed by atoms with E-state index in [-0.39, 0.29) is 22.2 Å². The molecule has 0 aliphatic rings. The number of nitrogens with one attached hydrogen (secondary N) is 1. The smallest absolute Gasteiger partial charge is 0.325 e. The van der Waals surface area contributed by atoms with Crippen molar-refractivity contribution in [1.29, 1.82) is 0 Å². The molecule has 8 heteroatoms. The lowest BCUT2D eigenvalue weighted by molar-refractivity contribution is -0.137. The number of nitrogens with zero attached hydrogens (tertiary/aromatic N) is 2. The van der Waals surface area contributed by atoms with E-state index in [1.807, 2.05) is 0 Å². The second-order valence-electron chi connectivity index (χ2n) is 3.87. The molecular weight excluding hydrogens is 305 g/mol. The van der Waals surface area contributed by atoms with Gasteiger partial charge in [-0.05, 0) is 12.1 Å². The molecule has 2 aromatic rings. The van der Waals surface area contributed by atoms with Gasteiger partial charge < -0.3 is 10.4 Å². The van der Waals surface area contributed by atoms with Crippen LogP contribution < -0.4 is 5.32 Å². The second-order valence-corrected chi connectivity index (χ2v) is 4.69. The molecule has 0 saturated carbocycles. The van der Waals surface area contributed by atoms with Gasteiger partial charge >= 0.3 is 5.97 Å². The standard InChI is InChI=1S/C12H9Cl2N3O3/c13-8-2-1-3-9(14)11(8)12(20)16-7-4-15-17(5-7)6-10(18)19/h1-5H,6H2,(H,16,20)(H,18,19). The predicted molar refractivity (Wildman–Crippen MR) is 74.3 cm³/mol. The van der Waals surface area contributed by atoms with E-state index in [9.17, 15) is 9.59 Å². The quantitative estimate of drug-likeness (QED) is 0.908. The summed E-state index contributed by atoms with van der Waals surface area (Å²) in [5.41, 5.74) is 0.508. The summed E-state index contributed by atoms with van der Waals surface area (Å²) in [6, 6.07) is 4.73. The summed E-state index contributed by atoms with van der Waals surface area (Å²) in [5.74, 6) is -1.52. The number of anilines is 1. The molecule has 1 amide bonds. The van der Waals surface area contributed by atoms with Crippen LogP contribution in [0.25, 0.3) is 0 Å². The molecule has 0 radical (unpaired) electrons. The number of hydrogen-bond donors (Lipinski definition) is 2. The first kappa shape index (κ1) is 14.4. The van der Waals surface area contributed by atoms with Crippen LogP contribution in [0.15, 0.2) is 30.6 Å². The zero-order chi connectivity index (χ0) is 14.7. The summed E-state index contributed by atoms with van der Waals surface area (Å²) in [5, 5.41) is 15.4. The van der Waals surface area contributed by atoms with Crippen LogP contribution in [0.3, 0.4) is 0 Å². The summed E-state index contributed by atoms with van der Waals surface area (Å²) in [7, 11) is 0. The van der Waals surface area contributed by atoms with Crippen molar-refractivity contribution >= 4 is 40.8 Å². The monoisotopic (exact) mass is 313 g/mol. The Labute approximate surface area is 123 Å². The van der Waals surface area contributed by atoms with Crippen LogP contribution in [0.1, 0.15) is 10.4 Å². The van der Waals surface area contributed by atoms with E-state index in [1.165, 1.54) is 17.1 Å². The van der Waals surface area contributed by atoms with Gasteiger partial charge in [0.25, 0.3) is 5.91 Å². The molecule has 2 rings (SSSR count). The zero-order valence-corrected chi connectivity index (χ0v) is 11.5. The van der Waals surface area contributed by atoms with Crippen molar-refractivity contribution in [2.75, 3.05) is 5.32 Å². The predicted octanol–water partition coefficient (Wildman–Crippen LogP) is 2.53. The number of carbonyl (C=O) groups is 2.